The third-order valence-corrected chi connectivity index (χ3v) is 4.20. The van der Waals surface area contributed by atoms with Crippen molar-refractivity contribution in [1.29, 1.82) is 0 Å². The number of nitrogens with zero attached hydrogens (tertiary/aromatic N) is 4. The zero-order valence-corrected chi connectivity index (χ0v) is 13.0. The summed E-state index contributed by atoms with van der Waals surface area (Å²) in [7, 11) is 0. The first-order valence-corrected chi connectivity index (χ1v) is 7.98. The molecule has 1 aromatic carbocycles. The van der Waals surface area contributed by atoms with Crippen LogP contribution in [0.3, 0.4) is 0 Å². The molecule has 0 bridgehead atoms. The lowest BCUT2D eigenvalue weighted by Gasteiger charge is -2.19. The van der Waals surface area contributed by atoms with Crippen LogP contribution < -0.4 is 5.32 Å². The van der Waals surface area contributed by atoms with Crippen molar-refractivity contribution >= 4 is 5.91 Å². The molecule has 3 aromatic rings. The fourth-order valence-electron chi connectivity index (χ4n) is 2.80. The Morgan fingerprint density at radius 1 is 1.21 bits per heavy atom. The molecule has 1 N–H and O–H groups in total. The predicted molar refractivity (Wildman–Crippen MR) is 88.5 cm³/mol. The fourth-order valence-corrected chi connectivity index (χ4v) is 2.80. The first kappa shape index (κ1) is 14.6. The van der Waals surface area contributed by atoms with Crippen LogP contribution >= 0.6 is 0 Å². The van der Waals surface area contributed by atoms with Gasteiger partial charge in [0, 0.05) is 11.8 Å². The number of carbonyl (C=O) groups is 1. The van der Waals surface area contributed by atoms with Crippen LogP contribution in [0.15, 0.2) is 61.3 Å². The third kappa shape index (κ3) is 3.03. The monoisotopic (exact) mass is 319 g/mol. The van der Waals surface area contributed by atoms with E-state index in [2.05, 4.69) is 32.5 Å². The first-order chi connectivity index (χ1) is 11.8. The Balaban J connectivity index is 1.56. The molecular weight excluding hydrogens is 302 g/mol. The molecule has 1 aliphatic rings. The van der Waals surface area contributed by atoms with Gasteiger partial charge in [-0.3, -0.25) is 4.79 Å². The SMILES string of the molecule is O=C(N[C@@H](c1ccccc1)C1CC1)c1ccnc(-n2cncn2)c1. The lowest BCUT2D eigenvalue weighted by Crippen LogP contribution is -2.30. The van der Waals surface area contributed by atoms with Crippen LogP contribution in [0.25, 0.3) is 5.82 Å². The van der Waals surface area contributed by atoms with Crippen molar-refractivity contribution in [2.45, 2.75) is 18.9 Å². The van der Waals surface area contributed by atoms with Crippen LogP contribution in [0.5, 0.6) is 0 Å². The van der Waals surface area contributed by atoms with Crippen molar-refractivity contribution in [2.75, 3.05) is 0 Å². The van der Waals surface area contributed by atoms with E-state index in [1.807, 2.05) is 18.2 Å². The second-order valence-electron chi connectivity index (χ2n) is 5.94. The zero-order valence-electron chi connectivity index (χ0n) is 13.0. The van der Waals surface area contributed by atoms with E-state index in [0.29, 0.717) is 17.3 Å². The molecule has 0 unspecified atom stereocenters. The van der Waals surface area contributed by atoms with Crippen molar-refractivity contribution in [2.24, 2.45) is 5.92 Å². The summed E-state index contributed by atoms with van der Waals surface area (Å²) in [5.74, 6) is 0.996. The highest BCUT2D eigenvalue weighted by Gasteiger charge is 2.33. The van der Waals surface area contributed by atoms with Gasteiger partial charge in [-0.05, 0) is 36.5 Å². The van der Waals surface area contributed by atoms with E-state index in [1.54, 1.807) is 24.7 Å². The van der Waals surface area contributed by atoms with Gasteiger partial charge in [0.25, 0.3) is 5.91 Å². The highest BCUT2D eigenvalue weighted by Crippen LogP contribution is 2.41. The number of rotatable bonds is 5. The molecule has 1 fully saturated rings. The Bertz CT molecular complexity index is 828. The van der Waals surface area contributed by atoms with E-state index < -0.39 is 0 Å². The van der Waals surface area contributed by atoms with Gasteiger partial charge >= 0.3 is 0 Å². The minimum Gasteiger partial charge on any atom is -0.345 e. The molecule has 2 aromatic heterocycles. The molecule has 1 atom stereocenters. The molecule has 2 heterocycles. The van der Waals surface area contributed by atoms with Gasteiger partial charge in [0.15, 0.2) is 5.82 Å². The molecule has 0 saturated heterocycles. The molecule has 1 saturated carbocycles. The Morgan fingerprint density at radius 2 is 2.04 bits per heavy atom. The highest BCUT2D eigenvalue weighted by atomic mass is 16.1. The Labute approximate surface area is 139 Å². The maximum absolute atomic E-state index is 12.7. The molecule has 24 heavy (non-hydrogen) atoms. The largest absolute Gasteiger partial charge is 0.345 e. The average Bonchev–Trinajstić information content (AvgIpc) is 3.33. The Morgan fingerprint density at radius 3 is 2.75 bits per heavy atom. The number of hydrogen-bond donors (Lipinski definition) is 1. The molecule has 6 nitrogen and oxygen atoms in total. The van der Waals surface area contributed by atoms with Crippen molar-refractivity contribution < 1.29 is 4.79 Å². The number of nitrogens with one attached hydrogen (secondary N) is 1. The van der Waals surface area contributed by atoms with E-state index in [1.165, 1.54) is 11.0 Å². The van der Waals surface area contributed by atoms with E-state index in [9.17, 15) is 4.79 Å². The number of carbonyl (C=O) groups excluding carboxylic acids is 1. The summed E-state index contributed by atoms with van der Waals surface area (Å²) in [6, 6.07) is 13.6. The van der Waals surface area contributed by atoms with E-state index in [-0.39, 0.29) is 11.9 Å². The predicted octanol–water partition coefficient (Wildman–Crippen LogP) is 2.54. The number of benzene rings is 1. The summed E-state index contributed by atoms with van der Waals surface area (Å²) in [4.78, 5) is 20.8. The summed E-state index contributed by atoms with van der Waals surface area (Å²) >= 11 is 0. The average molecular weight is 319 g/mol. The first-order valence-electron chi connectivity index (χ1n) is 7.98. The molecule has 0 spiro atoms. The lowest BCUT2D eigenvalue weighted by atomic mass is 10.0. The molecule has 0 aliphatic heterocycles. The number of hydrogen-bond acceptors (Lipinski definition) is 4. The van der Waals surface area contributed by atoms with Crippen LogP contribution in [0, 0.1) is 5.92 Å². The molecule has 6 heteroatoms. The maximum Gasteiger partial charge on any atom is 0.251 e. The van der Waals surface area contributed by atoms with Crippen LogP contribution in [0.4, 0.5) is 0 Å². The van der Waals surface area contributed by atoms with Gasteiger partial charge in [-0.1, -0.05) is 30.3 Å². The minimum atomic E-state index is -0.0977. The zero-order chi connectivity index (χ0) is 16.4. The summed E-state index contributed by atoms with van der Waals surface area (Å²) in [6.45, 7) is 0. The standard InChI is InChI=1S/C18H17N5O/c24-18(15-8-9-20-16(10-15)23-12-19-11-21-23)22-17(14-6-7-14)13-4-2-1-3-5-13/h1-5,8-12,14,17H,6-7H2,(H,22,24)/t17-/m0/s1. The normalized spacial score (nSPS) is 15.0. The smallest absolute Gasteiger partial charge is 0.251 e. The minimum absolute atomic E-state index is 0.0571. The summed E-state index contributed by atoms with van der Waals surface area (Å²) < 4.78 is 1.53. The summed E-state index contributed by atoms with van der Waals surface area (Å²) in [5, 5.41) is 7.22. The lowest BCUT2D eigenvalue weighted by molar-refractivity contribution is 0.0931. The number of amides is 1. The molecule has 0 radical (unpaired) electrons. The fraction of sp³-hybridized carbons (Fsp3) is 0.222. The van der Waals surface area contributed by atoms with Gasteiger partial charge in [-0.2, -0.15) is 5.10 Å². The van der Waals surface area contributed by atoms with Gasteiger partial charge in [0.05, 0.1) is 6.04 Å². The Kier molecular flexibility index (Phi) is 3.78. The maximum atomic E-state index is 12.7. The second kappa shape index (κ2) is 6.23. The van der Waals surface area contributed by atoms with Crippen LogP contribution in [-0.2, 0) is 0 Å². The summed E-state index contributed by atoms with van der Waals surface area (Å²) in [6.07, 6.45) is 6.91. The number of aromatic nitrogens is 4. The van der Waals surface area contributed by atoms with Crippen LogP contribution in [0.1, 0.15) is 34.8 Å². The van der Waals surface area contributed by atoms with Crippen LogP contribution in [0.2, 0.25) is 0 Å². The molecule has 120 valence electrons. The van der Waals surface area contributed by atoms with Crippen molar-refractivity contribution in [3.8, 4) is 5.82 Å². The van der Waals surface area contributed by atoms with Gasteiger partial charge in [0.1, 0.15) is 12.7 Å². The van der Waals surface area contributed by atoms with Crippen molar-refractivity contribution in [1.82, 2.24) is 25.1 Å². The van der Waals surface area contributed by atoms with Gasteiger partial charge in [-0.15, -0.1) is 0 Å². The van der Waals surface area contributed by atoms with E-state index in [0.717, 1.165) is 18.4 Å². The van der Waals surface area contributed by atoms with Gasteiger partial charge < -0.3 is 5.32 Å². The molecule has 1 aliphatic carbocycles. The number of pyridine rings is 1. The highest BCUT2D eigenvalue weighted by molar-refractivity contribution is 5.94. The molecule has 1 amide bonds. The third-order valence-electron chi connectivity index (χ3n) is 4.20. The topological polar surface area (TPSA) is 72.7 Å². The van der Waals surface area contributed by atoms with Crippen molar-refractivity contribution in [3.05, 3.63) is 72.4 Å². The van der Waals surface area contributed by atoms with Gasteiger partial charge in [0.2, 0.25) is 0 Å². The quantitative estimate of drug-likeness (QED) is 0.784. The van der Waals surface area contributed by atoms with E-state index in [4.69, 9.17) is 0 Å². The summed E-state index contributed by atoms with van der Waals surface area (Å²) in [5.41, 5.74) is 1.72. The van der Waals surface area contributed by atoms with Crippen LogP contribution in [-0.4, -0.2) is 25.7 Å². The van der Waals surface area contributed by atoms with Crippen molar-refractivity contribution in [3.63, 3.8) is 0 Å². The second-order valence-corrected chi connectivity index (χ2v) is 5.94. The van der Waals surface area contributed by atoms with E-state index >= 15 is 0 Å². The molecule has 4 rings (SSSR count). The van der Waals surface area contributed by atoms with Gasteiger partial charge in [-0.25, -0.2) is 14.6 Å². The molecular formula is C18H17N5O. The Hall–Kier alpha value is -3.02.